The second-order valence-electron chi connectivity index (χ2n) is 7.32. The van der Waals surface area contributed by atoms with Gasteiger partial charge in [0.05, 0.1) is 11.6 Å². The van der Waals surface area contributed by atoms with Crippen LogP contribution in [0.4, 0.5) is 5.95 Å². The summed E-state index contributed by atoms with van der Waals surface area (Å²) in [5.74, 6) is 0.747. The van der Waals surface area contributed by atoms with Crippen molar-refractivity contribution in [2.75, 3.05) is 18.0 Å². The minimum Gasteiger partial charge on any atom is -0.348 e. The van der Waals surface area contributed by atoms with Crippen molar-refractivity contribution in [1.82, 2.24) is 15.3 Å². The van der Waals surface area contributed by atoms with Crippen LogP contribution in [-0.2, 0) is 4.79 Å². The van der Waals surface area contributed by atoms with E-state index < -0.39 is 5.54 Å². The van der Waals surface area contributed by atoms with Gasteiger partial charge in [0.15, 0.2) is 0 Å². The third-order valence-corrected chi connectivity index (χ3v) is 5.20. The first-order valence-electron chi connectivity index (χ1n) is 9.18. The van der Waals surface area contributed by atoms with Crippen LogP contribution >= 0.6 is 0 Å². The van der Waals surface area contributed by atoms with E-state index in [4.69, 9.17) is 10.7 Å². The molecule has 6 heteroatoms. The fourth-order valence-corrected chi connectivity index (χ4v) is 3.27. The van der Waals surface area contributed by atoms with Gasteiger partial charge in [0.1, 0.15) is 0 Å². The van der Waals surface area contributed by atoms with Gasteiger partial charge in [-0.2, -0.15) is 0 Å². The highest BCUT2D eigenvalue weighted by molar-refractivity contribution is 5.89. The molecule has 1 aliphatic heterocycles. The molecule has 6 nitrogen and oxygen atoms in total. The number of anilines is 1. The zero-order chi connectivity index (χ0) is 17.2. The lowest BCUT2D eigenvalue weighted by Crippen LogP contribution is -2.43. The van der Waals surface area contributed by atoms with Gasteiger partial charge in [-0.1, -0.05) is 19.3 Å². The molecular formula is C18H29N5O. The van der Waals surface area contributed by atoms with Crippen LogP contribution in [0.1, 0.15) is 69.2 Å². The average molecular weight is 331 g/mol. The van der Waals surface area contributed by atoms with E-state index in [1.807, 2.05) is 20.0 Å². The number of nitrogens with one attached hydrogen (secondary N) is 1. The van der Waals surface area contributed by atoms with Crippen molar-refractivity contribution in [3.8, 4) is 0 Å². The molecule has 0 radical (unpaired) electrons. The van der Waals surface area contributed by atoms with Gasteiger partial charge in [-0.15, -0.1) is 0 Å². The smallest absolute Gasteiger partial charge is 0.240 e. The van der Waals surface area contributed by atoms with Crippen molar-refractivity contribution >= 4 is 11.9 Å². The van der Waals surface area contributed by atoms with Crippen molar-refractivity contribution in [1.29, 1.82) is 0 Å². The maximum absolute atomic E-state index is 12.1. The number of hydrogen-bond acceptors (Lipinski definition) is 5. The van der Waals surface area contributed by atoms with Gasteiger partial charge in [-0.25, -0.2) is 9.97 Å². The minimum absolute atomic E-state index is 0.0674. The molecule has 1 amide bonds. The fraction of sp³-hybridized carbons (Fsp3) is 0.722. The standard InChI is InChI=1S/C18H29N5O/c1-13(21-16(24)18(19)8-9-18)15-12-20-17(22-14(15)2)23-10-6-4-3-5-7-11-23/h12-13H,3-11,19H2,1-2H3,(H,21,24)/t13-/m0/s1. The van der Waals surface area contributed by atoms with E-state index in [2.05, 4.69) is 15.2 Å². The lowest BCUT2D eigenvalue weighted by molar-refractivity contribution is -0.123. The summed E-state index contributed by atoms with van der Waals surface area (Å²) in [6, 6.07) is -0.125. The first kappa shape index (κ1) is 17.1. The van der Waals surface area contributed by atoms with Crippen molar-refractivity contribution < 1.29 is 4.79 Å². The molecule has 0 spiro atoms. The molecule has 0 aromatic carbocycles. The summed E-state index contributed by atoms with van der Waals surface area (Å²) in [4.78, 5) is 23.7. The molecule has 1 saturated heterocycles. The Labute approximate surface area is 144 Å². The van der Waals surface area contributed by atoms with Gasteiger partial charge in [0.2, 0.25) is 11.9 Å². The molecule has 2 aliphatic rings. The summed E-state index contributed by atoms with van der Waals surface area (Å²) < 4.78 is 0. The molecule has 0 bridgehead atoms. The van der Waals surface area contributed by atoms with Crippen LogP contribution in [0.2, 0.25) is 0 Å². The molecule has 1 atom stereocenters. The van der Waals surface area contributed by atoms with Crippen LogP contribution < -0.4 is 16.0 Å². The molecule has 1 aliphatic carbocycles. The SMILES string of the molecule is Cc1nc(N2CCCCCCC2)ncc1[C@H](C)NC(=O)C1(N)CC1. The van der Waals surface area contributed by atoms with Crippen molar-refractivity contribution in [3.63, 3.8) is 0 Å². The zero-order valence-corrected chi connectivity index (χ0v) is 14.8. The molecule has 1 aromatic rings. The van der Waals surface area contributed by atoms with Gasteiger partial charge in [-0.05, 0) is 39.5 Å². The van der Waals surface area contributed by atoms with Gasteiger partial charge in [0.25, 0.3) is 0 Å². The number of nitrogens with zero attached hydrogens (tertiary/aromatic N) is 3. The van der Waals surface area contributed by atoms with Crippen LogP contribution in [0.25, 0.3) is 0 Å². The van der Waals surface area contributed by atoms with Crippen LogP contribution in [-0.4, -0.2) is 34.5 Å². The predicted octanol–water partition coefficient (Wildman–Crippen LogP) is 2.22. The summed E-state index contributed by atoms with van der Waals surface area (Å²) in [6.07, 6.45) is 9.73. The summed E-state index contributed by atoms with van der Waals surface area (Å²) >= 11 is 0. The third-order valence-electron chi connectivity index (χ3n) is 5.20. The summed E-state index contributed by atoms with van der Waals surface area (Å²) in [7, 11) is 0. The molecule has 1 saturated carbocycles. The first-order chi connectivity index (χ1) is 11.5. The Morgan fingerprint density at radius 3 is 2.46 bits per heavy atom. The van der Waals surface area contributed by atoms with Crippen molar-refractivity contribution in [3.05, 3.63) is 17.5 Å². The molecule has 132 valence electrons. The number of hydrogen-bond donors (Lipinski definition) is 2. The van der Waals surface area contributed by atoms with E-state index in [0.717, 1.165) is 43.1 Å². The molecular weight excluding hydrogens is 302 g/mol. The minimum atomic E-state index is -0.645. The number of rotatable bonds is 4. The van der Waals surface area contributed by atoms with Crippen LogP contribution in [0.3, 0.4) is 0 Å². The van der Waals surface area contributed by atoms with E-state index >= 15 is 0 Å². The molecule has 0 unspecified atom stereocenters. The normalized spacial score (nSPS) is 21.5. The second-order valence-corrected chi connectivity index (χ2v) is 7.32. The van der Waals surface area contributed by atoms with Gasteiger partial charge in [-0.3, -0.25) is 4.79 Å². The van der Waals surface area contributed by atoms with Crippen LogP contribution in [0.15, 0.2) is 6.20 Å². The van der Waals surface area contributed by atoms with Crippen LogP contribution in [0, 0.1) is 6.92 Å². The van der Waals surface area contributed by atoms with Gasteiger partial charge in [0, 0.05) is 30.5 Å². The van der Waals surface area contributed by atoms with Crippen molar-refractivity contribution in [2.24, 2.45) is 5.73 Å². The Hall–Kier alpha value is -1.69. The predicted molar refractivity (Wildman–Crippen MR) is 94.8 cm³/mol. The van der Waals surface area contributed by atoms with E-state index in [9.17, 15) is 4.79 Å². The topological polar surface area (TPSA) is 84.1 Å². The number of carbonyl (C=O) groups excluding carboxylic acids is 1. The highest BCUT2D eigenvalue weighted by Gasteiger charge is 2.46. The number of aryl methyl sites for hydroxylation is 1. The molecule has 24 heavy (non-hydrogen) atoms. The maximum atomic E-state index is 12.1. The van der Waals surface area contributed by atoms with Gasteiger partial charge >= 0.3 is 0 Å². The summed E-state index contributed by atoms with van der Waals surface area (Å²) in [5.41, 5.74) is 7.20. The molecule has 1 aromatic heterocycles. The monoisotopic (exact) mass is 331 g/mol. The maximum Gasteiger partial charge on any atom is 0.240 e. The molecule has 3 rings (SSSR count). The Kier molecular flexibility index (Phi) is 5.04. The lowest BCUT2D eigenvalue weighted by atomic mass is 10.1. The molecule has 3 N–H and O–H groups in total. The average Bonchev–Trinajstić information content (AvgIpc) is 3.26. The summed E-state index contributed by atoms with van der Waals surface area (Å²) in [6.45, 7) is 6.01. The number of amides is 1. The van der Waals surface area contributed by atoms with Crippen molar-refractivity contribution in [2.45, 2.75) is 70.4 Å². The molecule has 2 heterocycles. The number of aromatic nitrogens is 2. The second kappa shape index (κ2) is 7.05. The Morgan fingerprint density at radius 2 is 1.88 bits per heavy atom. The van der Waals surface area contributed by atoms with E-state index in [1.54, 1.807) is 0 Å². The van der Waals surface area contributed by atoms with Crippen LogP contribution in [0.5, 0.6) is 0 Å². The highest BCUT2D eigenvalue weighted by Crippen LogP contribution is 2.33. The fourth-order valence-electron chi connectivity index (χ4n) is 3.27. The third kappa shape index (κ3) is 3.86. The van der Waals surface area contributed by atoms with E-state index in [0.29, 0.717) is 0 Å². The Balaban J connectivity index is 1.68. The quantitative estimate of drug-likeness (QED) is 0.884. The molecule has 2 fully saturated rings. The number of carbonyl (C=O) groups is 1. The Bertz CT molecular complexity index is 591. The lowest BCUT2D eigenvalue weighted by Gasteiger charge is -2.26. The number of nitrogens with two attached hydrogens (primary N) is 1. The van der Waals surface area contributed by atoms with Gasteiger partial charge < -0.3 is 16.0 Å². The van der Waals surface area contributed by atoms with E-state index in [1.165, 1.54) is 32.1 Å². The largest absolute Gasteiger partial charge is 0.348 e. The Morgan fingerprint density at radius 1 is 1.25 bits per heavy atom. The zero-order valence-electron chi connectivity index (χ0n) is 14.8. The van der Waals surface area contributed by atoms with E-state index in [-0.39, 0.29) is 11.9 Å². The first-order valence-corrected chi connectivity index (χ1v) is 9.18. The summed E-state index contributed by atoms with van der Waals surface area (Å²) in [5, 5.41) is 3.00. The highest BCUT2D eigenvalue weighted by atomic mass is 16.2.